The van der Waals surface area contributed by atoms with E-state index in [1.54, 1.807) is 0 Å². The molecule has 1 saturated carbocycles. The van der Waals surface area contributed by atoms with Crippen molar-refractivity contribution in [2.75, 3.05) is 0 Å². The van der Waals surface area contributed by atoms with Crippen LogP contribution in [0.1, 0.15) is 24.8 Å². The van der Waals surface area contributed by atoms with Crippen molar-refractivity contribution in [2.45, 2.75) is 44.5 Å². The van der Waals surface area contributed by atoms with Gasteiger partial charge in [-0.25, -0.2) is 0 Å². The lowest BCUT2D eigenvalue weighted by Crippen LogP contribution is -2.40. The van der Waals surface area contributed by atoms with Crippen LogP contribution in [0.4, 0.5) is 0 Å². The number of hydrogen-bond acceptors (Lipinski definition) is 1. The molecule has 82 valence electrons. The maximum Gasteiger partial charge on any atom is 0.0896 e. The predicted molar refractivity (Wildman–Crippen MR) is 67.2 cm³/mol. The summed E-state index contributed by atoms with van der Waals surface area (Å²) in [7, 11) is -1.24. The molecule has 2 rings (SSSR count). The summed E-state index contributed by atoms with van der Waals surface area (Å²) >= 11 is 0. The molecule has 0 atom stereocenters. The van der Waals surface area contributed by atoms with E-state index in [1.807, 2.05) is 0 Å². The highest BCUT2D eigenvalue weighted by atomic mass is 28.3. The van der Waals surface area contributed by atoms with Crippen LogP contribution in [0.15, 0.2) is 24.3 Å². The molecule has 1 aliphatic rings. The summed E-state index contributed by atoms with van der Waals surface area (Å²) in [5.41, 5.74) is 0.629. The van der Waals surface area contributed by atoms with Crippen molar-refractivity contribution < 1.29 is 5.11 Å². The Kier molecular flexibility index (Phi) is 2.51. The molecule has 0 heterocycles. The van der Waals surface area contributed by atoms with Crippen LogP contribution < -0.4 is 5.19 Å². The maximum absolute atomic E-state index is 10.3. The lowest BCUT2D eigenvalue weighted by molar-refractivity contribution is -0.0387. The molecule has 0 bridgehead atoms. The van der Waals surface area contributed by atoms with Gasteiger partial charge in [0.2, 0.25) is 0 Å². The number of rotatable bonds is 2. The lowest BCUT2D eigenvalue weighted by Gasteiger charge is -2.37. The minimum atomic E-state index is -1.24. The third kappa shape index (κ3) is 2.01. The fourth-order valence-electron chi connectivity index (χ4n) is 2.08. The van der Waals surface area contributed by atoms with Crippen molar-refractivity contribution in [2.24, 2.45) is 0 Å². The predicted octanol–water partition coefficient (Wildman–Crippen LogP) is 2.60. The zero-order chi connectivity index (χ0) is 11.1. The first-order valence-electron chi connectivity index (χ1n) is 5.75. The van der Waals surface area contributed by atoms with Crippen LogP contribution in [-0.4, -0.2) is 13.2 Å². The first kappa shape index (κ1) is 10.9. The van der Waals surface area contributed by atoms with E-state index >= 15 is 0 Å². The minimum Gasteiger partial charge on any atom is -0.385 e. The zero-order valence-electron chi connectivity index (χ0n) is 9.88. The van der Waals surface area contributed by atoms with Crippen molar-refractivity contribution in [3.63, 3.8) is 0 Å². The van der Waals surface area contributed by atoms with E-state index in [2.05, 4.69) is 43.9 Å². The van der Waals surface area contributed by atoms with Crippen LogP contribution in [0.2, 0.25) is 19.6 Å². The Morgan fingerprint density at radius 2 is 1.87 bits per heavy atom. The highest BCUT2D eigenvalue weighted by Gasteiger charge is 2.36. The molecule has 0 spiro atoms. The topological polar surface area (TPSA) is 20.2 Å². The molecule has 1 aromatic rings. The average molecular weight is 220 g/mol. The van der Waals surface area contributed by atoms with Gasteiger partial charge in [0.1, 0.15) is 0 Å². The average Bonchev–Trinajstić information content (AvgIpc) is 2.13. The van der Waals surface area contributed by atoms with E-state index in [0.717, 1.165) is 24.8 Å². The van der Waals surface area contributed by atoms with Crippen LogP contribution in [0.25, 0.3) is 0 Å². The van der Waals surface area contributed by atoms with Gasteiger partial charge in [0.15, 0.2) is 0 Å². The summed E-state index contributed by atoms with van der Waals surface area (Å²) in [6.07, 6.45) is 3.03. The van der Waals surface area contributed by atoms with Gasteiger partial charge in [-0.05, 0) is 24.8 Å². The Labute approximate surface area is 93.2 Å². The van der Waals surface area contributed by atoms with Crippen molar-refractivity contribution in [3.8, 4) is 0 Å². The number of hydrogen-bond donors (Lipinski definition) is 1. The highest BCUT2D eigenvalue weighted by molar-refractivity contribution is 6.88. The molecule has 0 aliphatic heterocycles. The Hall–Kier alpha value is -0.603. The molecule has 0 unspecified atom stereocenters. The molecule has 1 fully saturated rings. The smallest absolute Gasteiger partial charge is 0.0896 e. The SMILES string of the molecule is C[Si](C)(C)c1cccc(C2(O)CCC2)c1. The van der Waals surface area contributed by atoms with E-state index in [1.165, 1.54) is 5.19 Å². The fraction of sp³-hybridized carbons (Fsp3) is 0.538. The summed E-state index contributed by atoms with van der Waals surface area (Å²) in [5.74, 6) is 0. The molecule has 1 aromatic carbocycles. The van der Waals surface area contributed by atoms with Gasteiger partial charge in [-0.2, -0.15) is 0 Å². The van der Waals surface area contributed by atoms with Gasteiger partial charge < -0.3 is 5.11 Å². The summed E-state index contributed by atoms with van der Waals surface area (Å²) in [6, 6.07) is 8.60. The van der Waals surface area contributed by atoms with Crippen molar-refractivity contribution in [1.29, 1.82) is 0 Å². The van der Waals surface area contributed by atoms with Crippen LogP contribution >= 0.6 is 0 Å². The molecule has 0 amide bonds. The van der Waals surface area contributed by atoms with Crippen LogP contribution in [0.5, 0.6) is 0 Å². The van der Waals surface area contributed by atoms with Crippen molar-refractivity contribution >= 4 is 13.3 Å². The summed E-state index contributed by atoms with van der Waals surface area (Å²) < 4.78 is 0. The first-order valence-corrected chi connectivity index (χ1v) is 9.25. The van der Waals surface area contributed by atoms with Gasteiger partial charge in [-0.1, -0.05) is 49.1 Å². The van der Waals surface area contributed by atoms with Crippen LogP contribution in [0.3, 0.4) is 0 Å². The highest BCUT2D eigenvalue weighted by Crippen LogP contribution is 2.40. The Bertz CT molecular complexity index is 361. The zero-order valence-corrected chi connectivity index (χ0v) is 10.9. The normalized spacial score (nSPS) is 19.7. The Morgan fingerprint density at radius 3 is 2.33 bits per heavy atom. The van der Waals surface area contributed by atoms with E-state index < -0.39 is 13.7 Å². The third-order valence-electron chi connectivity index (χ3n) is 3.45. The summed E-state index contributed by atoms with van der Waals surface area (Å²) in [4.78, 5) is 0. The second-order valence-electron chi connectivity index (χ2n) is 5.72. The molecule has 0 radical (unpaired) electrons. The van der Waals surface area contributed by atoms with Crippen LogP contribution in [0, 0.1) is 0 Å². The number of benzene rings is 1. The third-order valence-corrected chi connectivity index (χ3v) is 5.49. The van der Waals surface area contributed by atoms with Gasteiger partial charge in [0, 0.05) is 0 Å². The molecule has 1 aliphatic carbocycles. The Morgan fingerprint density at radius 1 is 1.20 bits per heavy atom. The molecule has 0 saturated heterocycles. The molecular weight excluding hydrogens is 200 g/mol. The Balaban J connectivity index is 2.35. The maximum atomic E-state index is 10.3. The van der Waals surface area contributed by atoms with Crippen molar-refractivity contribution in [1.82, 2.24) is 0 Å². The second-order valence-corrected chi connectivity index (χ2v) is 10.8. The molecule has 15 heavy (non-hydrogen) atoms. The van der Waals surface area contributed by atoms with Gasteiger partial charge in [0.25, 0.3) is 0 Å². The molecular formula is C13H20OSi. The van der Waals surface area contributed by atoms with Gasteiger partial charge >= 0.3 is 0 Å². The summed E-state index contributed by atoms with van der Waals surface area (Å²) in [6.45, 7) is 7.03. The lowest BCUT2D eigenvalue weighted by atomic mass is 9.75. The van der Waals surface area contributed by atoms with Gasteiger partial charge in [-0.15, -0.1) is 0 Å². The van der Waals surface area contributed by atoms with E-state index in [-0.39, 0.29) is 0 Å². The van der Waals surface area contributed by atoms with E-state index in [0.29, 0.717) is 0 Å². The number of aliphatic hydroxyl groups is 1. The fourth-order valence-corrected chi connectivity index (χ4v) is 3.26. The molecule has 1 nitrogen and oxygen atoms in total. The monoisotopic (exact) mass is 220 g/mol. The van der Waals surface area contributed by atoms with E-state index in [4.69, 9.17) is 0 Å². The molecule has 2 heteroatoms. The largest absolute Gasteiger partial charge is 0.385 e. The van der Waals surface area contributed by atoms with Crippen LogP contribution in [-0.2, 0) is 5.60 Å². The van der Waals surface area contributed by atoms with E-state index in [9.17, 15) is 5.11 Å². The first-order chi connectivity index (χ1) is 6.92. The van der Waals surface area contributed by atoms with Gasteiger partial charge in [-0.3, -0.25) is 0 Å². The summed E-state index contributed by atoms with van der Waals surface area (Å²) in [5, 5.41) is 11.7. The minimum absolute atomic E-state index is 0.504. The van der Waals surface area contributed by atoms with Gasteiger partial charge in [0.05, 0.1) is 13.7 Å². The second kappa shape index (κ2) is 3.46. The standard InChI is InChI=1S/C13H20OSi/c1-15(2,3)12-7-4-6-11(10-12)13(14)8-5-9-13/h4,6-7,10,14H,5,8-9H2,1-3H3. The molecule has 1 N–H and O–H groups in total. The quantitative estimate of drug-likeness (QED) is 0.760. The van der Waals surface area contributed by atoms with Crippen molar-refractivity contribution in [3.05, 3.63) is 29.8 Å². The molecule has 0 aromatic heterocycles.